The van der Waals surface area contributed by atoms with Gasteiger partial charge in [0.05, 0.1) is 10.6 Å². The maximum atomic E-state index is 13.5. The van der Waals surface area contributed by atoms with E-state index in [0.29, 0.717) is 37.4 Å². The third-order valence-electron chi connectivity index (χ3n) is 5.04. The third-order valence-corrected chi connectivity index (χ3v) is 6.88. The van der Waals surface area contributed by atoms with Gasteiger partial charge in [-0.25, -0.2) is 8.42 Å². The quantitative estimate of drug-likeness (QED) is 0.348. The van der Waals surface area contributed by atoms with Gasteiger partial charge in [-0.2, -0.15) is 0 Å². The molecule has 0 aliphatic rings. The van der Waals surface area contributed by atoms with E-state index in [-0.39, 0.29) is 17.9 Å². The molecule has 34 heavy (non-hydrogen) atoms. The van der Waals surface area contributed by atoms with Gasteiger partial charge in [0.15, 0.2) is 0 Å². The molecule has 9 heteroatoms. The summed E-state index contributed by atoms with van der Waals surface area (Å²) >= 11 is 0. The minimum atomic E-state index is -3.84. The number of aromatic nitrogens is 1. The highest BCUT2D eigenvalue weighted by molar-refractivity contribution is 7.92. The topological polar surface area (TPSA) is 109 Å². The molecular weight excluding hydrogens is 454 g/mol. The summed E-state index contributed by atoms with van der Waals surface area (Å²) in [5.41, 5.74) is 2.27. The van der Waals surface area contributed by atoms with Crippen molar-refractivity contribution in [1.29, 1.82) is 0 Å². The number of rotatable bonds is 13. The van der Waals surface area contributed by atoms with Crippen molar-refractivity contribution < 1.29 is 23.1 Å². The highest BCUT2D eigenvalue weighted by atomic mass is 32.2. The van der Waals surface area contributed by atoms with Crippen molar-refractivity contribution in [2.24, 2.45) is 0 Å². The normalized spacial score (nSPS) is 11.1. The number of sulfonamides is 1. The molecule has 2 aromatic carbocycles. The average Bonchev–Trinajstić information content (AvgIpc) is 2.82. The first-order valence-corrected chi connectivity index (χ1v) is 12.5. The number of unbranched alkanes of at least 4 members (excludes halogenated alkanes) is 1. The van der Waals surface area contributed by atoms with Gasteiger partial charge < -0.3 is 15.2 Å². The number of aryl methyl sites for hydroxylation is 1. The molecule has 3 aromatic rings. The molecule has 0 saturated carbocycles. The lowest BCUT2D eigenvalue weighted by Crippen LogP contribution is -2.32. The minimum Gasteiger partial charge on any atom is -0.492 e. The molecule has 0 radical (unpaired) electrons. The number of carbonyl (C=O) groups is 1. The van der Waals surface area contributed by atoms with Crippen molar-refractivity contribution in [3.05, 3.63) is 78.6 Å². The number of hydrogen-bond donors (Lipinski definition) is 2. The monoisotopic (exact) mass is 483 g/mol. The van der Waals surface area contributed by atoms with Crippen LogP contribution in [-0.4, -0.2) is 44.2 Å². The van der Waals surface area contributed by atoms with Crippen molar-refractivity contribution in [1.82, 2.24) is 4.98 Å². The van der Waals surface area contributed by atoms with Crippen LogP contribution in [0.5, 0.6) is 5.75 Å². The molecule has 1 heterocycles. The number of anilines is 2. The van der Waals surface area contributed by atoms with Crippen LogP contribution in [0.2, 0.25) is 0 Å². The summed E-state index contributed by atoms with van der Waals surface area (Å²) in [6.07, 6.45) is 4.19. The maximum absolute atomic E-state index is 13.5. The fourth-order valence-electron chi connectivity index (χ4n) is 3.43. The molecule has 1 aromatic heterocycles. The molecule has 0 aliphatic carbocycles. The lowest BCUT2D eigenvalue weighted by Gasteiger charge is -2.25. The first-order chi connectivity index (χ1) is 16.4. The van der Waals surface area contributed by atoms with E-state index in [9.17, 15) is 13.2 Å². The lowest BCUT2D eigenvalue weighted by atomic mass is 10.2. The van der Waals surface area contributed by atoms with E-state index < -0.39 is 16.0 Å². The van der Waals surface area contributed by atoms with Gasteiger partial charge in [-0.15, -0.1) is 0 Å². The smallest absolute Gasteiger partial charge is 0.303 e. The first kappa shape index (κ1) is 25.0. The summed E-state index contributed by atoms with van der Waals surface area (Å²) in [5.74, 6) is -0.339. The molecule has 0 atom stereocenters. The Labute approximate surface area is 200 Å². The van der Waals surface area contributed by atoms with Crippen LogP contribution in [0.1, 0.15) is 24.8 Å². The van der Waals surface area contributed by atoms with Gasteiger partial charge >= 0.3 is 5.97 Å². The molecule has 180 valence electrons. The number of carboxylic acids is 1. The number of pyridine rings is 1. The summed E-state index contributed by atoms with van der Waals surface area (Å²) < 4.78 is 34.1. The van der Waals surface area contributed by atoms with Crippen molar-refractivity contribution in [3.63, 3.8) is 0 Å². The highest BCUT2D eigenvalue weighted by Crippen LogP contribution is 2.29. The highest BCUT2D eigenvalue weighted by Gasteiger charge is 2.25. The zero-order chi connectivity index (χ0) is 24.4. The Morgan fingerprint density at radius 3 is 2.50 bits per heavy atom. The molecule has 0 saturated heterocycles. The number of nitrogens with zero attached hydrogens (tertiary/aromatic N) is 2. The van der Waals surface area contributed by atoms with Crippen LogP contribution in [0.15, 0.2) is 78.0 Å². The predicted octanol–water partition coefficient (Wildman–Crippen LogP) is 4.33. The van der Waals surface area contributed by atoms with Crippen LogP contribution in [0.3, 0.4) is 0 Å². The molecule has 0 amide bonds. The SMILES string of the molecule is Cc1cc(OCCNc2ccncc2)cc(N(CCCCC(=O)O)S(=O)(=O)c2ccccc2)c1. The van der Waals surface area contributed by atoms with Gasteiger partial charge in [0.2, 0.25) is 0 Å². The maximum Gasteiger partial charge on any atom is 0.303 e. The Hall–Kier alpha value is -3.59. The molecule has 0 unspecified atom stereocenters. The summed E-state index contributed by atoms with van der Waals surface area (Å²) in [6, 6.07) is 17.3. The molecule has 0 spiro atoms. The van der Waals surface area contributed by atoms with E-state index in [0.717, 1.165) is 11.3 Å². The summed E-state index contributed by atoms with van der Waals surface area (Å²) in [5, 5.41) is 12.2. The van der Waals surface area contributed by atoms with E-state index >= 15 is 0 Å². The number of nitrogens with one attached hydrogen (secondary N) is 1. The second kappa shape index (κ2) is 12.0. The Kier molecular flexibility index (Phi) is 8.86. The predicted molar refractivity (Wildman–Crippen MR) is 132 cm³/mol. The van der Waals surface area contributed by atoms with E-state index in [2.05, 4.69) is 10.3 Å². The van der Waals surface area contributed by atoms with E-state index in [1.807, 2.05) is 25.1 Å². The lowest BCUT2D eigenvalue weighted by molar-refractivity contribution is -0.137. The van der Waals surface area contributed by atoms with Crippen LogP contribution in [0.25, 0.3) is 0 Å². The van der Waals surface area contributed by atoms with Gasteiger partial charge in [-0.3, -0.25) is 14.1 Å². The number of aliphatic carboxylic acids is 1. The molecule has 3 rings (SSSR count). The minimum absolute atomic E-state index is 0.00806. The van der Waals surface area contributed by atoms with Gasteiger partial charge in [-0.05, 0) is 61.7 Å². The second-order valence-electron chi connectivity index (χ2n) is 7.76. The molecule has 8 nitrogen and oxygen atoms in total. The zero-order valence-corrected chi connectivity index (χ0v) is 19.9. The fourth-order valence-corrected chi connectivity index (χ4v) is 4.94. The van der Waals surface area contributed by atoms with Gasteiger partial charge in [0.1, 0.15) is 12.4 Å². The Balaban J connectivity index is 1.77. The first-order valence-electron chi connectivity index (χ1n) is 11.0. The Bertz CT molecular complexity index is 1170. The van der Waals surface area contributed by atoms with Gasteiger partial charge in [0, 0.05) is 43.7 Å². The largest absolute Gasteiger partial charge is 0.492 e. The zero-order valence-electron chi connectivity index (χ0n) is 19.1. The van der Waals surface area contributed by atoms with Crippen molar-refractivity contribution >= 4 is 27.4 Å². The fraction of sp³-hybridized carbons (Fsp3) is 0.280. The standard InChI is InChI=1S/C25H29N3O5S/c1-20-17-22(19-23(18-20)33-16-14-27-21-10-12-26-13-11-21)28(15-6-5-9-25(29)30)34(31,32)24-7-3-2-4-8-24/h2-4,7-8,10-13,17-19H,5-6,9,14-16H2,1H3,(H,26,27)(H,29,30). The van der Waals surface area contributed by atoms with Crippen LogP contribution < -0.4 is 14.4 Å². The Morgan fingerprint density at radius 1 is 1.06 bits per heavy atom. The molecular formula is C25H29N3O5S. The second-order valence-corrected chi connectivity index (χ2v) is 9.62. The van der Waals surface area contributed by atoms with E-state index in [4.69, 9.17) is 9.84 Å². The molecule has 0 aliphatic heterocycles. The van der Waals surface area contributed by atoms with E-state index in [1.165, 1.54) is 4.31 Å². The third kappa shape index (κ3) is 7.21. The van der Waals surface area contributed by atoms with Crippen LogP contribution >= 0.6 is 0 Å². The Morgan fingerprint density at radius 2 is 1.79 bits per heavy atom. The summed E-state index contributed by atoms with van der Waals surface area (Å²) in [4.78, 5) is 15.0. The van der Waals surface area contributed by atoms with Crippen molar-refractivity contribution in [3.8, 4) is 5.75 Å². The van der Waals surface area contributed by atoms with Crippen LogP contribution in [0.4, 0.5) is 11.4 Å². The van der Waals surface area contributed by atoms with Gasteiger partial charge in [0.25, 0.3) is 10.0 Å². The van der Waals surface area contributed by atoms with Crippen LogP contribution in [-0.2, 0) is 14.8 Å². The molecule has 2 N–H and O–H groups in total. The number of hydrogen-bond acceptors (Lipinski definition) is 6. The van der Waals surface area contributed by atoms with Crippen molar-refractivity contribution in [2.45, 2.75) is 31.1 Å². The number of carboxylic acid groups (broad SMARTS) is 1. The molecule has 0 bridgehead atoms. The summed E-state index contributed by atoms with van der Waals surface area (Å²) in [6.45, 7) is 2.99. The van der Waals surface area contributed by atoms with Crippen molar-refractivity contribution in [2.75, 3.05) is 29.3 Å². The number of benzene rings is 2. The molecule has 0 fully saturated rings. The van der Waals surface area contributed by atoms with Crippen LogP contribution in [0, 0.1) is 6.92 Å². The number of ether oxygens (including phenoxy) is 1. The average molecular weight is 484 g/mol. The van der Waals surface area contributed by atoms with E-state index in [1.54, 1.807) is 54.9 Å². The van der Waals surface area contributed by atoms with Gasteiger partial charge in [-0.1, -0.05) is 18.2 Å². The summed E-state index contributed by atoms with van der Waals surface area (Å²) in [7, 11) is -3.84.